The molecule has 0 saturated carbocycles. The summed E-state index contributed by atoms with van der Waals surface area (Å²) in [6.07, 6.45) is 1.68. The summed E-state index contributed by atoms with van der Waals surface area (Å²) in [6.45, 7) is 0.583. The minimum absolute atomic E-state index is 0.345. The molecular weight excluding hydrogens is 300 g/mol. The number of carbonyl (C=O) groups is 1. The molecule has 0 spiro atoms. The second kappa shape index (κ2) is 7.66. The fourth-order valence-corrected chi connectivity index (χ4v) is 2.68. The molecule has 0 unspecified atom stereocenters. The highest BCUT2D eigenvalue weighted by Crippen LogP contribution is 2.22. The third-order valence-electron chi connectivity index (χ3n) is 3.53. The van der Waals surface area contributed by atoms with E-state index in [0.717, 1.165) is 19.4 Å². The van der Waals surface area contributed by atoms with Gasteiger partial charge in [0.25, 0.3) is 6.43 Å². The number of nitrogens with zero attached hydrogens (tertiary/aromatic N) is 2. The predicted octanol–water partition coefficient (Wildman–Crippen LogP) is 2.47. The van der Waals surface area contributed by atoms with Crippen molar-refractivity contribution in [3.05, 3.63) is 29.0 Å². The van der Waals surface area contributed by atoms with Gasteiger partial charge in [-0.05, 0) is 31.5 Å². The Morgan fingerprint density at radius 1 is 1.52 bits per heavy atom. The predicted molar refractivity (Wildman–Crippen MR) is 76.3 cm³/mol. The monoisotopic (exact) mass is 317 g/mol. The lowest BCUT2D eigenvalue weighted by Crippen LogP contribution is -2.49. The number of halogens is 3. The molecule has 1 amide bonds. The van der Waals surface area contributed by atoms with Gasteiger partial charge in [0.15, 0.2) is 0 Å². The Labute approximate surface area is 127 Å². The number of rotatable bonds is 5. The van der Waals surface area contributed by atoms with E-state index in [0.29, 0.717) is 23.7 Å². The maximum Gasteiger partial charge on any atom is 0.255 e. The van der Waals surface area contributed by atoms with E-state index in [1.807, 2.05) is 4.90 Å². The van der Waals surface area contributed by atoms with Crippen molar-refractivity contribution in [2.75, 3.05) is 13.1 Å². The van der Waals surface area contributed by atoms with Crippen molar-refractivity contribution in [2.45, 2.75) is 38.3 Å². The van der Waals surface area contributed by atoms with Gasteiger partial charge in [0, 0.05) is 12.7 Å². The molecule has 0 radical (unpaired) electrons. The normalized spacial score (nSPS) is 19.7. The van der Waals surface area contributed by atoms with Crippen LogP contribution in [0.5, 0.6) is 0 Å². The number of pyridine rings is 1. The van der Waals surface area contributed by atoms with Crippen LogP contribution in [0.2, 0.25) is 5.02 Å². The van der Waals surface area contributed by atoms with Gasteiger partial charge in [0.05, 0.1) is 23.3 Å². The fraction of sp³-hybridized carbons (Fsp3) is 0.571. The highest BCUT2D eigenvalue weighted by atomic mass is 35.5. The summed E-state index contributed by atoms with van der Waals surface area (Å²) in [4.78, 5) is 18.2. The number of amides is 1. The lowest BCUT2D eigenvalue weighted by molar-refractivity contribution is -0.128. The Balaban J connectivity index is 2.01. The Morgan fingerprint density at radius 3 is 3.05 bits per heavy atom. The molecule has 1 atom stereocenters. The van der Waals surface area contributed by atoms with E-state index in [4.69, 9.17) is 11.6 Å². The first-order chi connectivity index (χ1) is 10.1. The lowest BCUT2D eigenvalue weighted by atomic mass is 10.0. The zero-order valence-corrected chi connectivity index (χ0v) is 12.3. The van der Waals surface area contributed by atoms with Crippen LogP contribution in [-0.2, 0) is 11.3 Å². The SMILES string of the molecule is O=C(NCC(F)F)[C@@H]1CCCCN1Cc1ncccc1Cl. The first kappa shape index (κ1) is 16.1. The van der Waals surface area contributed by atoms with E-state index in [1.165, 1.54) is 0 Å². The first-order valence-corrected chi connectivity index (χ1v) is 7.35. The van der Waals surface area contributed by atoms with Crippen LogP contribution in [0.4, 0.5) is 8.78 Å². The molecule has 0 aliphatic carbocycles. The average Bonchev–Trinajstić information content (AvgIpc) is 2.47. The number of hydrogen-bond acceptors (Lipinski definition) is 3. The number of alkyl halides is 2. The van der Waals surface area contributed by atoms with Crippen LogP contribution >= 0.6 is 11.6 Å². The molecule has 1 aromatic rings. The molecule has 1 aromatic heterocycles. The molecule has 0 aromatic carbocycles. The Morgan fingerprint density at radius 2 is 2.33 bits per heavy atom. The highest BCUT2D eigenvalue weighted by molar-refractivity contribution is 6.31. The van der Waals surface area contributed by atoms with Gasteiger partial charge >= 0.3 is 0 Å². The number of carbonyl (C=O) groups excluding carboxylic acids is 1. The molecule has 116 valence electrons. The van der Waals surface area contributed by atoms with Crippen LogP contribution < -0.4 is 5.32 Å². The molecule has 1 saturated heterocycles. The van der Waals surface area contributed by atoms with Crippen LogP contribution in [0.1, 0.15) is 25.0 Å². The topological polar surface area (TPSA) is 45.2 Å². The standard InChI is InChI=1S/C14H18ClF2N3O/c15-10-4-3-6-18-11(10)9-20-7-2-1-5-12(20)14(21)19-8-13(16)17/h3-4,6,12-13H,1-2,5,7-9H2,(H,19,21)/t12-/m0/s1. The largest absolute Gasteiger partial charge is 0.349 e. The first-order valence-electron chi connectivity index (χ1n) is 6.97. The van der Waals surface area contributed by atoms with Crippen molar-refractivity contribution < 1.29 is 13.6 Å². The van der Waals surface area contributed by atoms with E-state index >= 15 is 0 Å². The molecule has 1 aliphatic heterocycles. The van der Waals surface area contributed by atoms with Gasteiger partial charge in [-0.1, -0.05) is 18.0 Å². The third-order valence-corrected chi connectivity index (χ3v) is 3.88. The van der Waals surface area contributed by atoms with E-state index in [-0.39, 0.29) is 5.91 Å². The van der Waals surface area contributed by atoms with Gasteiger partial charge in [-0.15, -0.1) is 0 Å². The van der Waals surface area contributed by atoms with Crippen LogP contribution in [0.3, 0.4) is 0 Å². The summed E-state index contributed by atoms with van der Waals surface area (Å²) in [5, 5.41) is 2.85. The van der Waals surface area contributed by atoms with Crippen LogP contribution in [0, 0.1) is 0 Å². The summed E-state index contributed by atoms with van der Waals surface area (Å²) in [6, 6.07) is 3.10. The Hall–Kier alpha value is -1.27. The molecule has 4 nitrogen and oxygen atoms in total. The van der Waals surface area contributed by atoms with E-state index < -0.39 is 19.0 Å². The van der Waals surface area contributed by atoms with E-state index in [2.05, 4.69) is 10.3 Å². The summed E-state index contributed by atoms with van der Waals surface area (Å²) in [5.41, 5.74) is 0.702. The third kappa shape index (κ3) is 4.61. The second-order valence-corrected chi connectivity index (χ2v) is 5.46. The number of aromatic nitrogens is 1. The maximum atomic E-state index is 12.2. The summed E-state index contributed by atoms with van der Waals surface area (Å²) in [7, 11) is 0. The zero-order chi connectivity index (χ0) is 15.2. The summed E-state index contributed by atoms with van der Waals surface area (Å²) in [5.74, 6) is -0.345. The number of piperidine rings is 1. The fourth-order valence-electron chi connectivity index (χ4n) is 2.50. The summed E-state index contributed by atoms with van der Waals surface area (Å²) < 4.78 is 24.4. The van der Waals surface area contributed by atoms with Crippen molar-refractivity contribution in [1.29, 1.82) is 0 Å². The summed E-state index contributed by atoms with van der Waals surface area (Å²) >= 11 is 6.08. The highest BCUT2D eigenvalue weighted by Gasteiger charge is 2.29. The minimum atomic E-state index is -2.53. The average molecular weight is 318 g/mol. The molecule has 1 fully saturated rings. The van der Waals surface area contributed by atoms with Crippen LogP contribution in [0.15, 0.2) is 18.3 Å². The van der Waals surface area contributed by atoms with Gasteiger partial charge in [-0.3, -0.25) is 14.7 Å². The molecule has 2 heterocycles. The van der Waals surface area contributed by atoms with Gasteiger partial charge in [-0.25, -0.2) is 8.78 Å². The molecule has 7 heteroatoms. The van der Waals surface area contributed by atoms with E-state index in [9.17, 15) is 13.6 Å². The maximum absolute atomic E-state index is 12.2. The lowest BCUT2D eigenvalue weighted by Gasteiger charge is -2.34. The number of nitrogens with one attached hydrogen (secondary N) is 1. The molecule has 1 aliphatic rings. The quantitative estimate of drug-likeness (QED) is 0.907. The van der Waals surface area contributed by atoms with Crippen molar-refractivity contribution in [2.24, 2.45) is 0 Å². The van der Waals surface area contributed by atoms with Crippen molar-refractivity contribution in [3.8, 4) is 0 Å². The Bertz CT molecular complexity index is 487. The van der Waals surface area contributed by atoms with Gasteiger partial charge in [-0.2, -0.15) is 0 Å². The van der Waals surface area contributed by atoms with Crippen LogP contribution in [0.25, 0.3) is 0 Å². The van der Waals surface area contributed by atoms with Crippen molar-refractivity contribution in [3.63, 3.8) is 0 Å². The molecule has 1 N–H and O–H groups in total. The molecule has 2 rings (SSSR count). The number of likely N-dealkylation sites (tertiary alicyclic amines) is 1. The number of hydrogen-bond donors (Lipinski definition) is 1. The zero-order valence-electron chi connectivity index (χ0n) is 11.6. The van der Waals surface area contributed by atoms with Gasteiger partial charge in [0.1, 0.15) is 0 Å². The van der Waals surface area contributed by atoms with Crippen molar-refractivity contribution in [1.82, 2.24) is 15.2 Å². The smallest absolute Gasteiger partial charge is 0.255 e. The second-order valence-electron chi connectivity index (χ2n) is 5.05. The van der Waals surface area contributed by atoms with Gasteiger partial charge in [0.2, 0.25) is 5.91 Å². The van der Waals surface area contributed by atoms with Gasteiger partial charge < -0.3 is 5.32 Å². The molecular formula is C14H18ClF2N3O. The van der Waals surface area contributed by atoms with Crippen LogP contribution in [-0.4, -0.2) is 41.3 Å². The molecule has 21 heavy (non-hydrogen) atoms. The Kier molecular flexibility index (Phi) is 5.87. The van der Waals surface area contributed by atoms with Crippen molar-refractivity contribution >= 4 is 17.5 Å². The van der Waals surface area contributed by atoms with E-state index in [1.54, 1.807) is 18.3 Å². The molecule has 0 bridgehead atoms. The minimum Gasteiger partial charge on any atom is -0.349 e.